The predicted molar refractivity (Wildman–Crippen MR) is 83.7 cm³/mol. The first-order chi connectivity index (χ1) is 10.4. The monoisotopic (exact) mass is 303 g/mol. The Hall–Kier alpha value is -2.67. The van der Waals surface area contributed by atoms with Crippen LogP contribution in [0.4, 0.5) is 17.1 Å². The molecule has 0 aliphatic heterocycles. The molecule has 7 heteroatoms. The van der Waals surface area contributed by atoms with E-state index in [1.54, 1.807) is 13.8 Å². The van der Waals surface area contributed by atoms with Gasteiger partial charge in [0.1, 0.15) is 0 Å². The molecular formula is C15H17N3O4. The van der Waals surface area contributed by atoms with Crippen LogP contribution < -0.4 is 10.9 Å². The van der Waals surface area contributed by atoms with Crippen LogP contribution in [0.25, 0.3) is 0 Å². The van der Waals surface area contributed by atoms with E-state index in [-0.39, 0.29) is 6.61 Å². The lowest BCUT2D eigenvalue weighted by Crippen LogP contribution is -2.16. The molecule has 0 radical (unpaired) electrons. The van der Waals surface area contributed by atoms with Crippen LogP contribution in [0, 0.1) is 24.0 Å². The van der Waals surface area contributed by atoms with E-state index in [2.05, 4.69) is 10.3 Å². The number of aliphatic hydroxyl groups is 1. The Morgan fingerprint density at radius 1 is 1.27 bits per heavy atom. The summed E-state index contributed by atoms with van der Waals surface area (Å²) in [5.41, 5.74) is 1.93. The van der Waals surface area contributed by atoms with Crippen LogP contribution in [0.15, 0.2) is 29.1 Å². The standard InChI is InChI=1S/C15H17N3O4/c1-9-13(10(2)16-15(20)14(9)18(21)22)17-12-5-3-11(4-6-12)7-8-19/h3-6,17,19H,7-8H2,1-2H3,(H,16,20). The maximum atomic E-state index is 11.7. The molecule has 7 nitrogen and oxygen atoms in total. The summed E-state index contributed by atoms with van der Waals surface area (Å²) in [6, 6.07) is 7.37. The summed E-state index contributed by atoms with van der Waals surface area (Å²) in [5.74, 6) is 0. The lowest BCUT2D eigenvalue weighted by atomic mass is 10.1. The average Bonchev–Trinajstić information content (AvgIpc) is 2.45. The van der Waals surface area contributed by atoms with Gasteiger partial charge in [-0.1, -0.05) is 12.1 Å². The van der Waals surface area contributed by atoms with Crippen LogP contribution >= 0.6 is 0 Å². The van der Waals surface area contributed by atoms with Crippen LogP contribution in [-0.4, -0.2) is 21.6 Å². The van der Waals surface area contributed by atoms with Crippen LogP contribution in [0.3, 0.4) is 0 Å². The Balaban J connectivity index is 2.39. The van der Waals surface area contributed by atoms with E-state index in [0.29, 0.717) is 23.4 Å². The van der Waals surface area contributed by atoms with Gasteiger partial charge in [0.25, 0.3) is 0 Å². The summed E-state index contributed by atoms with van der Waals surface area (Å²) in [4.78, 5) is 24.5. The highest BCUT2D eigenvalue weighted by atomic mass is 16.6. The van der Waals surface area contributed by atoms with Gasteiger partial charge in [0.2, 0.25) is 0 Å². The van der Waals surface area contributed by atoms with Crippen molar-refractivity contribution < 1.29 is 10.0 Å². The third kappa shape index (κ3) is 3.15. The molecule has 0 aliphatic rings. The number of pyridine rings is 1. The molecule has 2 rings (SSSR count). The molecule has 1 heterocycles. The fraction of sp³-hybridized carbons (Fsp3) is 0.267. The molecular weight excluding hydrogens is 286 g/mol. The lowest BCUT2D eigenvalue weighted by Gasteiger charge is -2.13. The van der Waals surface area contributed by atoms with E-state index in [1.807, 2.05) is 24.3 Å². The average molecular weight is 303 g/mol. The third-order valence-corrected chi connectivity index (χ3v) is 3.43. The summed E-state index contributed by atoms with van der Waals surface area (Å²) in [6.45, 7) is 3.31. The van der Waals surface area contributed by atoms with Crippen LogP contribution in [-0.2, 0) is 6.42 Å². The topological polar surface area (TPSA) is 108 Å². The molecule has 0 unspecified atom stereocenters. The van der Waals surface area contributed by atoms with Crippen molar-refractivity contribution in [1.29, 1.82) is 0 Å². The molecule has 0 aliphatic carbocycles. The molecule has 1 aromatic carbocycles. The fourth-order valence-corrected chi connectivity index (χ4v) is 2.30. The molecule has 0 atom stereocenters. The summed E-state index contributed by atoms with van der Waals surface area (Å²) in [6.07, 6.45) is 0.572. The number of hydrogen-bond donors (Lipinski definition) is 3. The molecule has 0 amide bonds. The number of nitrogens with zero attached hydrogens (tertiary/aromatic N) is 1. The van der Waals surface area contributed by atoms with Crippen molar-refractivity contribution in [3.63, 3.8) is 0 Å². The van der Waals surface area contributed by atoms with Crippen molar-refractivity contribution >= 4 is 17.1 Å². The van der Waals surface area contributed by atoms with Gasteiger partial charge < -0.3 is 15.4 Å². The second-order valence-corrected chi connectivity index (χ2v) is 4.98. The number of anilines is 2. The Kier molecular flexibility index (Phi) is 4.57. The maximum Gasteiger partial charge on any atom is 0.338 e. The van der Waals surface area contributed by atoms with E-state index < -0.39 is 16.2 Å². The molecule has 2 aromatic rings. The summed E-state index contributed by atoms with van der Waals surface area (Å²) in [5, 5.41) is 23.0. The Bertz CT molecular complexity index is 751. The molecule has 0 spiro atoms. The summed E-state index contributed by atoms with van der Waals surface area (Å²) in [7, 11) is 0. The number of aryl methyl sites for hydroxylation is 1. The number of nitrogens with one attached hydrogen (secondary N) is 2. The van der Waals surface area contributed by atoms with Gasteiger partial charge in [-0.2, -0.15) is 0 Å². The number of aromatic amines is 1. The normalized spacial score (nSPS) is 10.5. The van der Waals surface area contributed by atoms with Gasteiger partial charge in [0, 0.05) is 18.0 Å². The van der Waals surface area contributed by atoms with Crippen molar-refractivity contribution in [3.8, 4) is 0 Å². The quantitative estimate of drug-likeness (QED) is 0.579. The van der Waals surface area contributed by atoms with E-state index in [9.17, 15) is 14.9 Å². The summed E-state index contributed by atoms with van der Waals surface area (Å²) < 4.78 is 0. The van der Waals surface area contributed by atoms with Gasteiger partial charge in [0.05, 0.1) is 16.2 Å². The van der Waals surface area contributed by atoms with Gasteiger partial charge in [-0.15, -0.1) is 0 Å². The van der Waals surface area contributed by atoms with Crippen molar-refractivity contribution in [1.82, 2.24) is 4.98 Å². The Morgan fingerprint density at radius 3 is 2.45 bits per heavy atom. The highest BCUT2D eigenvalue weighted by molar-refractivity contribution is 5.69. The van der Waals surface area contributed by atoms with Gasteiger partial charge in [0.15, 0.2) is 0 Å². The lowest BCUT2D eigenvalue weighted by molar-refractivity contribution is -0.386. The third-order valence-electron chi connectivity index (χ3n) is 3.43. The van der Waals surface area contributed by atoms with Gasteiger partial charge in [-0.25, -0.2) is 0 Å². The molecule has 3 N–H and O–H groups in total. The molecule has 0 fully saturated rings. The first-order valence-corrected chi connectivity index (χ1v) is 6.78. The molecule has 116 valence electrons. The molecule has 0 saturated carbocycles. The van der Waals surface area contributed by atoms with Crippen molar-refractivity contribution in [3.05, 3.63) is 61.6 Å². The van der Waals surface area contributed by atoms with E-state index >= 15 is 0 Å². The highest BCUT2D eigenvalue weighted by Crippen LogP contribution is 2.27. The number of rotatable bonds is 5. The first-order valence-electron chi connectivity index (χ1n) is 6.78. The van der Waals surface area contributed by atoms with Crippen molar-refractivity contribution in [2.24, 2.45) is 0 Å². The van der Waals surface area contributed by atoms with E-state index in [0.717, 1.165) is 11.3 Å². The Morgan fingerprint density at radius 2 is 1.91 bits per heavy atom. The number of aliphatic hydroxyl groups excluding tert-OH is 1. The first kappa shape index (κ1) is 15.7. The number of nitro groups is 1. The number of benzene rings is 1. The minimum atomic E-state index is -0.705. The zero-order valence-electron chi connectivity index (χ0n) is 12.3. The smallest absolute Gasteiger partial charge is 0.338 e. The number of H-pyrrole nitrogens is 1. The van der Waals surface area contributed by atoms with Crippen LogP contribution in [0.1, 0.15) is 16.8 Å². The second kappa shape index (κ2) is 6.40. The SMILES string of the molecule is Cc1[nH]c(=O)c([N+](=O)[O-])c(C)c1Nc1ccc(CCO)cc1. The van der Waals surface area contributed by atoms with E-state index in [1.165, 1.54) is 0 Å². The number of hydrogen-bond acceptors (Lipinski definition) is 5. The van der Waals surface area contributed by atoms with Crippen molar-refractivity contribution in [2.75, 3.05) is 11.9 Å². The predicted octanol–water partition coefficient (Wildman–Crippen LogP) is 2.18. The zero-order chi connectivity index (χ0) is 16.3. The van der Waals surface area contributed by atoms with Gasteiger partial charge >= 0.3 is 11.2 Å². The number of aromatic nitrogens is 1. The van der Waals surface area contributed by atoms with Gasteiger partial charge in [-0.3, -0.25) is 14.9 Å². The molecule has 0 bridgehead atoms. The molecule has 0 saturated heterocycles. The van der Waals surface area contributed by atoms with Crippen molar-refractivity contribution in [2.45, 2.75) is 20.3 Å². The second-order valence-electron chi connectivity index (χ2n) is 4.98. The minimum absolute atomic E-state index is 0.0805. The minimum Gasteiger partial charge on any atom is -0.396 e. The highest BCUT2D eigenvalue weighted by Gasteiger charge is 2.21. The van der Waals surface area contributed by atoms with Gasteiger partial charge in [-0.05, 0) is 38.0 Å². The van der Waals surface area contributed by atoms with Crippen LogP contribution in [0.5, 0.6) is 0 Å². The fourth-order valence-electron chi connectivity index (χ4n) is 2.30. The molecule has 1 aromatic heterocycles. The molecule has 22 heavy (non-hydrogen) atoms. The summed E-state index contributed by atoms with van der Waals surface area (Å²) >= 11 is 0. The maximum absolute atomic E-state index is 11.7. The Labute approximate surface area is 126 Å². The largest absolute Gasteiger partial charge is 0.396 e. The van der Waals surface area contributed by atoms with Crippen LogP contribution in [0.2, 0.25) is 0 Å². The zero-order valence-corrected chi connectivity index (χ0v) is 12.3. The van der Waals surface area contributed by atoms with E-state index in [4.69, 9.17) is 5.11 Å².